The minimum Gasteiger partial charge on any atom is -0.464 e. The van der Waals surface area contributed by atoms with Crippen LogP contribution in [0.2, 0.25) is 0 Å². The van der Waals surface area contributed by atoms with E-state index in [9.17, 15) is 35.8 Å². The average molecular weight is 569 g/mol. The van der Waals surface area contributed by atoms with E-state index < -0.39 is 43.2 Å². The lowest BCUT2D eigenvalue weighted by Gasteiger charge is -2.24. The summed E-state index contributed by atoms with van der Waals surface area (Å²) in [6.07, 6.45) is -15.0. The number of aliphatic hydroxyl groups excluding tert-OH is 1. The summed E-state index contributed by atoms with van der Waals surface area (Å²) in [5.74, 6) is 0.681. The molecule has 0 fully saturated rings. The highest BCUT2D eigenvalue weighted by Gasteiger charge is 2.44. The van der Waals surface area contributed by atoms with E-state index in [0.29, 0.717) is 17.1 Å². The van der Waals surface area contributed by atoms with Crippen molar-refractivity contribution < 1.29 is 49.7 Å². The van der Waals surface area contributed by atoms with Crippen LogP contribution in [0.15, 0.2) is 95.6 Å². The zero-order chi connectivity index (χ0) is 28.9. The Morgan fingerprint density at radius 3 is 1.98 bits per heavy atom. The lowest BCUT2D eigenvalue weighted by atomic mass is 9.98. The van der Waals surface area contributed by atoms with Crippen LogP contribution in [0.25, 0.3) is 11.3 Å². The molecule has 0 aliphatic heterocycles. The van der Waals surface area contributed by atoms with Gasteiger partial charge in [-0.1, -0.05) is 36.4 Å². The van der Waals surface area contributed by atoms with Crippen molar-refractivity contribution in [1.29, 1.82) is 0 Å². The average Bonchev–Trinajstić information content (AvgIpc) is 3.44. The van der Waals surface area contributed by atoms with Crippen molar-refractivity contribution in [2.24, 2.45) is 0 Å². The van der Waals surface area contributed by atoms with Crippen LogP contribution >= 0.6 is 0 Å². The van der Waals surface area contributed by atoms with E-state index >= 15 is 0 Å². The third-order valence-corrected chi connectivity index (χ3v) is 5.66. The summed E-state index contributed by atoms with van der Waals surface area (Å²) < 4.78 is 107. The zero-order valence-electron chi connectivity index (χ0n) is 20.4. The van der Waals surface area contributed by atoms with Gasteiger partial charge in [-0.25, -0.2) is 0 Å². The Morgan fingerprint density at radius 2 is 1.38 bits per heavy atom. The molecule has 0 saturated carbocycles. The van der Waals surface area contributed by atoms with E-state index in [1.807, 2.05) is 0 Å². The lowest BCUT2D eigenvalue weighted by molar-refractivity contribution is -0.253. The third kappa shape index (κ3) is 7.33. The molecule has 2 atom stereocenters. The Kier molecular flexibility index (Phi) is 8.70. The van der Waals surface area contributed by atoms with Gasteiger partial charge in [-0.3, -0.25) is 0 Å². The van der Waals surface area contributed by atoms with E-state index in [0.717, 1.165) is 17.7 Å². The van der Waals surface area contributed by atoms with Gasteiger partial charge in [0.25, 0.3) is 0 Å². The molecule has 0 radical (unpaired) electrons. The summed E-state index contributed by atoms with van der Waals surface area (Å²) >= 11 is 0. The number of halogens is 7. The van der Waals surface area contributed by atoms with Gasteiger partial charge in [-0.05, 0) is 59.7 Å². The quantitative estimate of drug-likeness (QED) is 0.182. The molecule has 40 heavy (non-hydrogen) atoms. The SMILES string of the molecule is O[C@H](CNC(c1cccc(Oc2cccc(-c3ccco3)c2)c1)c1cccc(OC(F)(F)C(F)F)c1)C(F)(F)F. The predicted molar refractivity (Wildman–Crippen MR) is 131 cm³/mol. The van der Waals surface area contributed by atoms with Crippen molar-refractivity contribution >= 4 is 0 Å². The molecule has 0 saturated heterocycles. The molecule has 0 bridgehead atoms. The molecule has 1 heterocycles. The first-order valence-corrected chi connectivity index (χ1v) is 11.8. The summed E-state index contributed by atoms with van der Waals surface area (Å²) in [6.45, 7) is -0.956. The first-order chi connectivity index (χ1) is 18.9. The predicted octanol–water partition coefficient (Wildman–Crippen LogP) is 7.58. The molecule has 212 valence electrons. The van der Waals surface area contributed by atoms with Gasteiger partial charge in [-0.15, -0.1) is 0 Å². The lowest BCUT2D eigenvalue weighted by Crippen LogP contribution is -2.40. The number of alkyl halides is 7. The highest BCUT2D eigenvalue weighted by atomic mass is 19.4. The summed E-state index contributed by atoms with van der Waals surface area (Å²) in [7, 11) is 0. The Hall–Kier alpha value is -4.03. The summed E-state index contributed by atoms with van der Waals surface area (Å²) in [6, 6.07) is 20.1. The molecule has 4 rings (SSSR count). The van der Waals surface area contributed by atoms with E-state index in [4.69, 9.17) is 9.15 Å². The fourth-order valence-electron chi connectivity index (χ4n) is 3.78. The van der Waals surface area contributed by atoms with Crippen LogP contribution in [0.1, 0.15) is 17.2 Å². The number of furan rings is 1. The first-order valence-electron chi connectivity index (χ1n) is 11.8. The third-order valence-electron chi connectivity index (χ3n) is 5.66. The Labute approximate surface area is 223 Å². The molecule has 0 spiro atoms. The van der Waals surface area contributed by atoms with Crippen LogP contribution in [-0.4, -0.2) is 36.5 Å². The summed E-state index contributed by atoms with van der Waals surface area (Å²) in [5, 5.41) is 12.1. The van der Waals surface area contributed by atoms with E-state index in [1.54, 1.807) is 48.5 Å². The first kappa shape index (κ1) is 29.0. The van der Waals surface area contributed by atoms with Gasteiger partial charge in [0.15, 0.2) is 6.10 Å². The van der Waals surface area contributed by atoms with Gasteiger partial charge in [-0.2, -0.15) is 30.7 Å². The summed E-state index contributed by atoms with van der Waals surface area (Å²) in [4.78, 5) is 0. The van der Waals surface area contributed by atoms with Crippen LogP contribution in [0.3, 0.4) is 0 Å². The van der Waals surface area contributed by atoms with Crippen LogP contribution < -0.4 is 14.8 Å². The molecule has 5 nitrogen and oxygen atoms in total. The van der Waals surface area contributed by atoms with Gasteiger partial charge >= 0.3 is 18.7 Å². The van der Waals surface area contributed by atoms with Crippen LogP contribution in [0.4, 0.5) is 30.7 Å². The molecule has 4 aromatic rings. The monoisotopic (exact) mass is 569 g/mol. The molecular weight excluding hydrogens is 547 g/mol. The smallest absolute Gasteiger partial charge is 0.461 e. The van der Waals surface area contributed by atoms with Crippen LogP contribution in [-0.2, 0) is 0 Å². The number of benzene rings is 3. The van der Waals surface area contributed by atoms with E-state index in [-0.39, 0.29) is 11.3 Å². The fourth-order valence-corrected chi connectivity index (χ4v) is 3.78. The minimum atomic E-state index is -4.92. The van der Waals surface area contributed by atoms with Crippen molar-refractivity contribution in [2.45, 2.75) is 30.9 Å². The minimum absolute atomic E-state index is 0.105. The Bertz CT molecular complexity index is 1390. The number of rotatable bonds is 11. The molecule has 1 unspecified atom stereocenters. The standard InChI is InChI=1S/C28H22F7NO4/c29-26(30)28(34,35)40-22-10-3-7-19(15-22)25(36-16-24(37)27(31,32)33)18-6-2-9-21(14-18)39-20-8-1-5-17(13-20)23-11-4-12-38-23/h1-15,24-26,36-37H,16H2/t24-,25?/m1/s1. The largest absolute Gasteiger partial charge is 0.464 e. The Balaban J connectivity index is 1.63. The van der Waals surface area contributed by atoms with Crippen LogP contribution in [0, 0.1) is 0 Å². The van der Waals surface area contributed by atoms with Crippen molar-refractivity contribution in [2.75, 3.05) is 6.54 Å². The molecule has 1 aromatic heterocycles. The second-order valence-electron chi connectivity index (χ2n) is 8.62. The number of aliphatic hydroxyl groups is 1. The summed E-state index contributed by atoms with van der Waals surface area (Å²) in [5.41, 5.74) is 1.16. The maximum absolute atomic E-state index is 13.5. The number of ether oxygens (including phenoxy) is 2. The highest BCUT2D eigenvalue weighted by molar-refractivity contribution is 5.59. The number of nitrogens with one attached hydrogen (secondary N) is 1. The molecule has 0 amide bonds. The highest BCUT2D eigenvalue weighted by Crippen LogP contribution is 2.33. The van der Waals surface area contributed by atoms with Crippen molar-refractivity contribution in [3.05, 3.63) is 102 Å². The van der Waals surface area contributed by atoms with Gasteiger partial charge in [0.2, 0.25) is 0 Å². The molecule has 2 N–H and O–H groups in total. The molecule has 3 aromatic carbocycles. The van der Waals surface area contributed by atoms with E-state index in [1.165, 1.54) is 30.5 Å². The zero-order valence-corrected chi connectivity index (χ0v) is 20.4. The van der Waals surface area contributed by atoms with Gasteiger partial charge in [0.05, 0.1) is 12.3 Å². The van der Waals surface area contributed by atoms with Crippen molar-refractivity contribution in [3.63, 3.8) is 0 Å². The second-order valence-corrected chi connectivity index (χ2v) is 8.62. The van der Waals surface area contributed by atoms with Crippen LogP contribution in [0.5, 0.6) is 17.2 Å². The van der Waals surface area contributed by atoms with Gasteiger partial charge in [0, 0.05) is 12.1 Å². The number of hydrogen-bond donors (Lipinski definition) is 2. The fraction of sp³-hybridized carbons (Fsp3) is 0.214. The maximum atomic E-state index is 13.5. The molecule has 0 aliphatic carbocycles. The number of hydrogen-bond acceptors (Lipinski definition) is 5. The van der Waals surface area contributed by atoms with Crippen molar-refractivity contribution in [3.8, 4) is 28.6 Å². The Morgan fingerprint density at radius 1 is 0.775 bits per heavy atom. The topological polar surface area (TPSA) is 63.9 Å². The normalized spacial score (nSPS) is 13.7. The van der Waals surface area contributed by atoms with E-state index in [2.05, 4.69) is 10.1 Å². The maximum Gasteiger partial charge on any atom is 0.461 e. The molecule has 12 heteroatoms. The van der Waals surface area contributed by atoms with Gasteiger partial charge < -0.3 is 24.3 Å². The molecule has 0 aliphatic rings. The van der Waals surface area contributed by atoms with Gasteiger partial charge in [0.1, 0.15) is 23.0 Å². The second kappa shape index (κ2) is 12.0. The molecular formula is C28H22F7NO4. The van der Waals surface area contributed by atoms with Crippen molar-refractivity contribution in [1.82, 2.24) is 5.32 Å².